The van der Waals surface area contributed by atoms with Gasteiger partial charge in [0.25, 0.3) is 0 Å². The van der Waals surface area contributed by atoms with Gasteiger partial charge in [-0.25, -0.2) is 0 Å². The summed E-state index contributed by atoms with van der Waals surface area (Å²) in [6.45, 7) is 1.58. The Morgan fingerprint density at radius 3 is 3.08 bits per heavy atom. The molecule has 0 atom stereocenters. The van der Waals surface area contributed by atoms with Crippen molar-refractivity contribution in [3.05, 3.63) is 33.0 Å². The van der Waals surface area contributed by atoms with Crippen LogP contribution in [0, 0.1) is 0 Å². The molecule has 1 nitrogen and oxygen atoms in total. The zero-order valence-corrected chi connectivity index (χ0v) is 9.42. The fourth-order valence-electron chi connectivity index (χ4n) is 0.913. The monoisotopic (exact) mass is 235 g/mol. The summed E-state index contributed by atoms with van der Waals surface area (Å²) in [4.78, 5) is 1.39. The lowest BCUT2D eigenvalue weighted by molar-refractivity contribution is 0.745. The van der Waals surface area contributed by atoms with Crippen LogP contribution in [0.15, 0.2) is 28.1 Å². The SMILES string of the molecule is ClC=C(Cl)CNCCc1cccs1. The Bertz CT molecular complexity index is 257. The van der Waals surface area contributed by atoms with E-state index in [1.807, 2.05) is 0 Å². The summed E-state index contributed by atoms with van der Waals surface area (Å²) in [7, 11) is 0. The molecule has 0 saturated heterocycles. The minimum absolute atomic E-state index is 0.646. The Kier molecular flexibility index (Phi) is 5.47. The molecule has 1 N–H and O–H groups in total. The van der Waals surface area contributed by atoms with E-state index >= 15 is 0 Å². The molecule has 0 fully saturated rings. The largest absolute Gasteiger partial charge is 0.311 e. The fourth-order valence-corrected chi connectivity index (χ4v) is 1.79. The van der Waals surface area contributed by atoms with Gasteiger partial charge in [0.15, 0.2) is 0 Å². The standard InChI is InChI=1S/C9H11Cl2NS/c10-6-8(11)7-12-4-3-9-2-1-5-13-9/h1-2,5-6,12H,3-4,7H2. The maximum absolute atomic E-state index is 5.70. The average molecular weight is 236 g/mol. The van der Waals surface area contributed by atoms with Crippen LogP contribution in [0.4, 0.5) is 0 Å². The van der Waals surface area contributed by atoms with Gasteiger partial charge in [0.05, 0.1) is 0 Å². The lowest BCUT2D eigenvalue weighted by Gasteiger charge is -2.01. The highest BCUT2D eigenvalue weighted by Crippen LogP contribution is 2.08. The van der Waals surface area contributed by atoms with Crippen molar-refractivity contribution in [2.45, 2.75) is 6.42 Å². The van der Waals surface area contributed by atoms with Crippen LogP contribution in [0.2, 0.25) is 0 Å². The van der Waals surface area contributed by atoms with E-state index < -0.39 is 0 Å². The summed E-state index contributed by atoms with van der Waals surface area (Å²) >= 11 is 12.9. The van der Waals surface area contributed by atoms with E-state index in [1.54, 1.807) is 11.3 Å². The van der Waals surface area contributed by atoms with Crippen molar-refractivity contribution in [3.8, 4) is 0 Å². The molecule has 1 rings (SSSR count). The summed E-state index contributed by atoms with van der Waals surface area (Å²) < 4.78 is 0. The molecule has 0 radical (unpaired) electrons. The summed E-state index contributed by atoms with van der Waals surface area (Å²) in [5.41, 5.74) is 1.39. The molecule has 0 aromatic carbocycles. The lowest BCUT2D eigenvalue weighted by atomic mass is 10.3. The fraction of sp³-hybridized carbons (Fsp3) is 0.333. The van der Waals surface area contributed by atoms with Crippen LogP contribution < -0.4 is 5.32 Å². The van der Waals surface area contributed by atoms with E-state index in [4.69, 9.17) is 23.2 Å². The lowest BCUT2D eigenvalue weighted by Crippen LogP contribution is -2.18. The van der Waals surface area contributed by atoms with Crippen LogP contribution >= 0.6 is 34.5 Å². The Morgan fingerprint density at radius 1 is 1.62 bits per heavy atom. The topological polar surface area (TPSA) is 12.0 Å². The van der Waals surface area contributed by atoms with Crippen molar-refractivity contribution in [2.24, 2.45) is 0 Å². The van der Waals surface area contributed by atoms with Crippen molar-refractivity contribution in [1.82, 2.24) is 5.32 Å². The smallest absolute Gasteiger partial charge is 0.0431 e. The van der Waals surface area contributed by atoms with Crippen molar-refractivity contribution >= 4 is 34.5 Å². The molecular formula is C9H11Cl2NS. The average Bonchev–Trinajstić information content (AvgIpc) is 2.64. The number of rotatable bonds is 5. The molecule has 0 aliphatic carbocycles. The highest BCUT2D eigenvalue weighted by molar-refractivity contribution is 7.09. The maximum Gasteiger partial charge on any atom is 0.0431 e. The molecule has 72 valence electrons. The Hall–Kier alpha value is -0.0200. The third-order valence-corrected chi connectivity index (χ3v) is 3.09. The Balaban J connectivity index is 2.08. The zero-order chi connectivity index (χ0) is 9.52. The first-order valence-corrected chi connectivity index (χ1v) is 5.70. The molecule has 0 saturated carbocycles. The van der Waals surface area contributed by atoms with Gasteiger partial charge in [-0.2, -0.15) is 0 Å². The Morgan fingerprint density at radius 2 is 2.46 bits per heavy atom. The molecule has 0 aliphatic heterocycles. The van der Waals surface area contributed by atoms with Gasteiger partial charge >= 0.3 is 0 Å². The van der Waals surface area contributed by atoms with Crippen LogP contribution in [0.3, 0.4) is 0 Å². The van der Waals surface area contributed by atoms with Crippen molar-refractivity contribution in [2.75, 3.05) is 13.1 Å². The number of hydrogen-bond donors (Lipinski definition) is 1. The van der Waals surface area contributed by atoms with E-state index in [9.17, 15) is 0 Å². The number of hydrogen-bond acceptors (Lipinski definition) is 2. The van der Waals surface area contributed by atoms with Crippen molar-refractivity contribution in [1.29, 1.82) is 0 Å². The highest BCUT2D eigenvalue weighted by Gasteiger charge is 1.94. The summed E-state index contributed by atoms with van der Waals surface area (Å²) in [6.07, 6.45) is 1.05. The van der Waals surface area contributed by atoms with E-state index in [0.29, 0.717) is 11.6 Å². The first-order valence-electron chi connectivity index (χ1n) is 4.01. The maximum atomic E-state index is 5.70. The van der Waals surface area contributed by atoms with Crippen LogP contribution in [0.25, 0.3) is 0 Å². The number of thiophene rings is 1. The van der Waals surface area contributed by atoms with E-state index in [1.165, 1.54) is 10.4 Å². The number of nitrogens with one attached hydrogen (secondary N) is 1. The quantitative estimate of drug-likeness (QED) is 0.774. The predicted molar refractivity (Wildman–Crippen MR) is 60.7 cm³/mol. The second-order valence-corrected chi connectivity index (χ2v) is 4.30. The molecule has 0 bridgehead atoms. The molecule has 1 aromatic rings. The molecule has 1 heterocycles. The summed E-state index contributed by atoms with van der Waals surface area (Å²) in [6, 6.07) is 4.19. The van der Waals surface area contributed by atoms with Crippen LogP contribution in [0.1, 0.15) is 4.88 Å². The minimum atomic E-state index is 0.646. The molecule has 13 heavy (non-hydrogen) atoms. The van der Waals surface area contributed by atoms with Gasteiger partial charge in [0.2, 0.25) is 0 Å². The van der Waals surface area contributed by atoms with E-state index in [-0.39, 0.29) is 0 Å². The van der Waals surface area contributed by atoms with Gasteiger partial charge in [0, 0.05) is 28.5 Å². The normalized spacial score (nSPS) is 12.0. The van der Waals surface area contributed by atoms with Gasteiger partial charge in [0.1, 0.15) is 0 Å². The van der Waals surface area contributed by atoms with Gasteiger partial charge < -0.3 is 5.32 Å². The first kappa shape index (κ1) is 11.1. The zero-order valence-electron chi connectivity index (χ0n) is 7.09. The molecule has 0 spiro atoms. The third kappa shape index (κ3) is 4.67. The van der Waals surface area contributed by atoms with Crippen molar-refractivity contribution < 1.29 is 0 Å². The van der Waals surface area contributed by atoms with Gasteiger partial charge in [-0.3, -0.25) is 0 Å². The second-order valence-electron chi connectivity index (χ2n) is 2.56. The second kappa shape index (κ2) is 6.44. The molecule has 0 unspecified atom stereocenters. The van der Waals surface area contributed by atoms with Gasteiger partial charge in [-0.1, -0.05) is 29.3 Å². The van der Waals surface area contributed by atoms with Gasteiger partial charge in [-0.15, -0.1) is 11.3 Å². The molecule has 0 amide bonds. The molecular weight excluding hydrogens is 225 g/mol. The van der Waals surface area contributed by atoms with Crippen molar-refractivity contribution in [3.63, 3.8) is 0 Å². The molecule has 1 aromatic heterocycles. The van der Waals surface area contributed by atoms with Crippen LogP contribution in [0.5, 0.6) is 0 Å². The third-order valence-electron chi connectivity index (χ3n) is 1.54. The predicted octanol–water partition coefficient (Wildman–Crippen LogP) is 3.20. The van der Waals surface area contributed by atoms with E-state index in [2.05, 4.69) is 22.8 Å². The number of halogens is 2. The van der Waals surface area contributed by atoms with Crippen LogP contribution in [-0.2, 0) is 6.42 Å². The van der Waals surface area contributed by atoms with E-state index in [0.717, 1.165) is 13.0 Å². The molecule has 0 aliphatic rings. The summed E-state index contributed by atoms with van der Waals surface area (Å²) in [5.74, 6) is 0. The summed E-state index contributed by atoms with van der Waals surface area (Å²) in [5, 5.41) is 5.93. The Labute approximate surface area is 92.4 Å². The van der Waals surface area contributed by atoms with Gasteiger partial charge in [-0.05, 0) is 17.9 Å². The minimum Gasteiger partial charge on any atom is -0.311 e. The van der Waals surface area contributed by atoms with Crippen LogP contribution in [-0.4, -0.2) is 13.1 Å². The molecule has 4 heteroatoms. The first-order chi connectivity index (χ1) is 6.33. The highest BCUT2D eigenvalue weighted by atomic mass is 35.5.